The van der Waals surface area contributed by atoms with Crippen LogP contribution in [0.1, 0.15) is 5.56 Å². The van der Waals surface area contributed by atoms with Crippen LogP contribution >= 0.6 is 11.9 Å². The first-order chi connectivity index (χ1) is 10.9. The summed E-state index contributed by atoms with van der Waals surface area (Å²) in [6.45, 7) is 0. The number of alkyl halides is 3. The second kappa shape index (κ2) is 7.38. The van der Waals surface area contributed by atoms with Gasteiger partial charge in [0.15, 0.2) is 0 Å². The van der Waals surface area contributed by atoms with Gasteiger partial charge in [-0.3, -0.25) is 4.72 Å². The number of amides is 2. The van der Waals surface area contributed by atoms with E-state index in [-0.39, 0.29) is 5.69 Å². The molecule has 0 aliphatic carbocycles. The van der Waals surface area contributed by atoms with Crippen LogP contribution < -0.4 is 15.4 Å². The summed E-state index contributed by atoms with van der Waals surface area (Å²) in [6.07, 6.45) is -4.40. The van der Waals surface area contributed by atoms with Crippen LogP contribution in [-0.4, -0.2) is 13.1 Å². The Hall–Kier alpha value is -2.19. The molecule has 0 aromatic heterocycles. The average Bonchev–Trinajstić information content (AvgIpc) is 2.47. The number of urea groups is 1. The molecule has 2 aromatic carbocycles. The zero-order chi connectivity index (χ0) is 16.9. The lowest BCUT2D eigenvalue weighted by atomic mass is 10.2. The van der Waals surface area contributed by atoms with Crippen LogP contribution in [0, 0.1) is 0 Å². The molecule has 0 aliphatic rings. The predicted octanol–water partition coefficient (Wildman–Crippen LogP) is 4.58. The molecule has 2 rings (SSSR count). The van der Waals surface area contributed by atoms with Crippen molar-refractivity contribution >= 4 is 29.4 Å². The summed E-state index contributed by atoms with van der Waals surface area (Å²) < 4.78 is 40.3. The lowest BCUT2D eigenvalue weighted by molar-refractivity contribution is -0.137. The van der Waals surface area contributed by atoms with Crippen LogP contribution in [0.25, 0.3) is 0 Å². The summed E-state index contributed by atoms with van der Waals surface area (Å²) in [5, 5.41) is 5.10. The minimum atomic E-state index is -4.40. The molecule has 0 saturated heterocycles. The first kappa shape index (κ1) is 17.2. The van der Waals surface area contributed by atoms with Crippen molar-refractivity contribution in [2.75, 3.05) is 17.7 Å². The Morgan fingerprint density at radius 3 is 2.26 bits per heavy atom. The van der Waals surface area contributed by atoms with Crippen LogP contribution in [0.3, 0.4) is 0 Å². The SMILES string of the molecule is CNSc1cccc(NC(=O)Nc2ccc(C(F)(F)F)cc2)c1. The first-order valence-electron chi connectivity index (χ1n) is 6.57. The van der Waals surface area contributed by atoms with Crippen molar-refractivity contribution in [2.24, 2.45) is 0 Å². The van der Waals surface area contributed by atoms with Crippen molar-refractivity contribution in [3.8, 4) is 0 Å². The van der Waals surface area contributed by atoms with Gasteiger partial charge in [0, 0.05) is 16.3 Å². The Labute approximate surface area is 135 Å². The molecule has 0 radical (unpaired) electrons. The third kappa shape index (κ3) is 5.19. The Balaban J connectivity index is 1.98. The van der Waals surface area contributed by atoms with E-state index in [9.17, 15) is 18.0 Å². The minimum absolute atomic E-state index is 0.274. The highest BCUT2D eigenvalue weighted by molar-refractivity contribution is 7.97. The zero-order valence-corrected chi connectivity index (χ0v) is 12.9. The molecule has 0 heterocycles. The number of carbonyl (C=O) groups excluding carboxylic acids is 1. The zero-order valence-electron chi connectivity index (χ0n) is 12.1. The highest BCUT2D eigenvalue weighted by Gasteiger charge is 2.29. The number of nitrogens with one attached hydrogen (secondary N) is 3. The Morgan fingerprint density at radius 2 is 1.65 bits per heavy atom. The third-order valence-corrected chi connectivity index (χ3v) is 3.48. The molecule has 0 fully saturated rings. The van der Waals surface area contributed by atoms with E-state index < -0.39 is 17.8 Å². The minimum Gasteiger partial charge on any atom is -0.308 e. The van der Waals surface area contributed by atoms with Crippen LogP contribution in [0.15, 0.2) is 53.4 Å². The van der Waals surface area contributed by atoms with E-state index in [1.54, 1.807) is 25.2 Å². The molecular formula is C15H14F3N3OS. The fraction of sp³-hybridized carbons (Fsp3) is 0.133. The molecule has 2 amide bonds. The van der Waals surface area contributed by atoms with Crippen molar-refractivity contribution in [3.05, 3.63) is 54.1 Å². The lowest BCUT2D eigenvalue weighted by Gasteiger charge is -2.10. The summed E-state index contributed by atoms with van der Waals surface area (Å²) >= 11 is 1.40. The van der Waals surface area contributed by atoms with Gasteiger partial charge in [-0.25, -0.2) is 4.79 Å². The van der Waals surface area contributed by atoms with Crippen molar-refractivity contribution < 1.29 is 18.0 Å². The molecular weight excluding hydrogens is 327 g/mol. The number of hydrogen-bond donors (Lipinski definition) is 3. The highest BCUT2D eigenvalue weighted by atomic mass is 32.2. The highest BCUT2D eigenvalue weighted by Crippen LogP contribution is 2.29. The van der Waals surface area contributed by atoms with Crippen LogP contribution in [0.4, 0.5) is 29.3 Å². The molecule has 0 saturated carbocycles. The second-order valence-corrected chi connectivity index (χ2v) is 5.57. The number of anilines is 2. The van der Waals surface area contributed by atoms with Gasteiger partial charge in [0.05, 0.1) is 5.56 Å². The van der Waals surface area contributed by atoms with Gasteiger partial charge in [0.2, 0.25) is 0 Å². The van der Waals surface area contributed by atoms with E-state index in [0.29, 0.717) is 5.69 Å². The van der Waals surface area contributed by atoms with E-state index in [0.717, 1.165) is 17.0 Å². The normalized spacial score (nSPS) is 11.1. The molecule has 0 spiro atoms. The van der Waals surface area contributed by atoms with E-state index in [4.69, 9.17) is 0 Å². The summed E-state index contributed by atoms with van der Waals surface area (Å²) in [6, 6.07) is 10.9. The Morgan fingerprint density at radius 1 is 1.00 bits per heavy atom. The molecule has 122 valence electrons. The summed E-state index contributed by atoms with van der Waals surface area (Å²) in [5.74, 6) is 0. The molecule has 4 nitrogen and oxygen atoms in total. The smallest absolute Gasteiger partial charge is 0.308 e. The van der Waals surface area contributed by atoms with E-state index >= 15 is 0 Å². The van der Waals surface area contributed by atoms with Crippen molar-refractivity contribution in [3.63, 3.8) is 0 Å². The van der Waals surface area contributed by atoms with Crippen LogP contribution in [0.2, 0.25) is 0 Å². The van der Waals surface area contributed by atoms with Crippen molar-refractivity contribution in [1.82, 2.24) is 4.72 Å². The van der Waals surface area contributed by atoms with E-state index in [2.05, 4.69) is 15.4 Å². The molecule has 23 heavy (non-hydrogen) atoms. The van der Waals surface area contributed by atoms with Gasteiger partial charge >= 0.3 is 12.2 Å². The van der Waals surface area contributed by atoms with Gasteiger partial charge in [-0.2, -0.15) is 13.2 Å². The summed E-state index contributed by atoms with van der Waals surface area (Å²) in [7, 11) is 1.78. The third-order valence-electron chi connectivity index (χ3n) is 2.78. The quantitative estimate of drug-likeness (QED) is 0.714. The molecule has 0 unspecified atom stereocenters. The number of rotatable bonds is 4. The monoisotopic (exact) mass is 341 g/mol. The Bertz CT molecular complexity index is 674. The molecule has 3 N–H and O–H groups in total. The number of benzene rings is 2. The molecule has 8 heteroatoms. The van der Waals surface area contributed by atoms with E-state index in [1.165, 1.54) is 24.1 Å². The van der Waals surface area contributed by atoms with Crippen molar-refractivity contribution in [1.29, 1.82) is 0 Å². The summed E-state index contributed by atoms with van der Waals surface area (Å²) in [5.41, 5.74) is 0.0890. The van der Waals surface area contributed by atoms with Gasteiger partial charge in [0.25, 0.3) is 0 Å². The maximum atomic E-state index is 12.5. The van der Waals surface area contributed by atoms with Gasteiger partial charge < -0.3 is 10.6 Å². The fourth-order valence-corrected chi connectivity index (χ4v) is 2.36. The number of carbonyl (C=O) groups is 1. The molecule has 0 aliphatic heterocycles. The number of halogens is 3. The molecule has 0 atom stereocenters. The maximum Gasteiger partial charge on any atom is 0.416 e. The maximum absolute atomic E-state index is 12.5. The fourth-order valence-electron chi connectivity index (χ4n) is 1.79. The van der Waals surface area contributed by atoms with Gasteiger partial charge in [-0.15, -0.1) is 0 Å². The average molecular weight is 341 g/mol. The largest absolute Gasteiger partial charge is 0.416 e. The van der Waals surface area contributed by atoms with Gasteiger partial charge in [0.1, 0.15) is 0 Å². The van der Waals surface area contributed by atoms with Gasteiger partial charge in [-0.05, 0) is 61.5 Å². The molecule has 2 aromatic rings. The van der Waals surface area contributed by atoms with Gasteiger partial charge in [-0.1, -0.05) is 6.07 Å². The van der Waals surface area contributed by atoms with Crippen LogP contribution in [0.5, 0.6) is 0 Å². The van der Waals surface area contributed by atoms with E-state index in [1.807, 2.05) is 6.07 Å². The molecule has 0 bridgehead atoms. The Kier molecular flexibility index (Phi) is 5.51. The second-order valence-electron chi connectivity index (χ2n) is 4.49. The summed E-state index contributed by atoms with van der Waals surface area (Å²) in [4.78, 5) is 12.8. The van der Waals surface area contributed by atoms with Crippen molar-refractivity contribution in [2.45, 2.75) is 11.1 Å². The standard InChI is InChI=1S/C15H14F3N3OS/c1-19-23-13-4-2-3-12(9-13)21-14(22)20-11-7-5-10(6-8-11)15(16,17)18/h2-9,19H,1H3,(H2,20,21,22). The lowest BCUT2D eigenvalue weighted by Crippen LogP contribution is -2.19. The first-order valence-corrected chi connectivity index (χ1v) is 7.39. The topological polar surface area (TPSA) is 53.2 Å². The van der Waals surface area contributed by atoms with Crippen LogP contribution in [-0.2, 0) is 6.18 Å². The predicted molar refractivity (Wildman–Crippen MR) is 85.4 cm³/mol. The number of hydrogen-bond acceptors (Lipinski definition) is 3.